The second-order valence-corrected chi connectivity index (χ2v) is 10.0. The molecular formula is C32H29FN4O2. The summed E-state index contributed by atoms with van der Waals surface area (Å²) >= 11 is 0. The number of aromatic hydroxyl groups is 1. The van der Waals surface area contributed by atoms with Crippen LogP contribution in [0.4, 0.5) is 4.39 Å². The topological polar surface area (TPSA) is 72.5 Å². The van der Waals surface area contributed by atoms with Gasteiger partial charge in [-0.1, -0.05) is 48.5 Å². The van der Waals surface area contributed by atoms with Gasteiger partial charge in [-0.3, -0.25) is 14.7 Å². The number of hydrogen-bond donors (Lipinski definition) is 2. The van der Waals surface area contributed by atoms with Gasteiger partial charge < -0.3 is 15.0 Å². The number of phenols is 1. The molecular weight excluding hydrogens is 491 g/mol. The lowest BCUT2D eigenvalue weighted by atomic mass is 9.98. The molecule has 0 atom stereocenters. The van der Waals surface area contributed by atoms with Crippen LogP contribution in [0.15, 0.2) is 91.3 Å². The number of aromatic amines is 1. The standard InChI is InChI=1S/C32H29FN4O2/c33-28-7-2-1-4-26(28)21-36-12-14-37(15-13-36)32(39)17-22-8-9-27(31(38)16-22)23-5-3-6-24(18-23)29-19-25-10-11-34-20-30(25)35-29/h1-11,16,18-20,35,38H,12-15,17,21H2. The Kier molecular flexibility index (Phi) is 6.82. The van der Waals surface area contributed by atoms with Gasteiger partial charge in [-0.2, -0.15) is 0 Å². The van der Waals surface area contributed by atoms with Gasteiger partial charge in [0.2, 0.25) is 5.91 Å². The van der Waals surface area contributed by atoms with Crippen LogP contribution in [0.2, 0.25) is 0 Å². The number of phenolic OH excluding ortho intramolecular Hbond substituents is 1. The summed E-state index contributed by atoms with van der Waals surface area (Å²) in [6.07, 6.45) is 3.81. The van der Waals surface area contributed by atoms with Crippen LogP contribution in [0.5, 0.6) is 5.75 Å². The number of amides is 1. The van der Waals surface area contributed by atoms with Crippen LogP contribution in [0.3, 0.4) is 0 Å². The van der Waals surface area contributed by atoms with Crippen molar-refractivity contribution in [2.45, 2.75) is 13.0 Å². The van der Waals surface area contributed by atoms with Crippen molar-refractivity contribution in [1.29, 1.82) is 0 Å². The summed E-state index contributed by atoms with van der Waals surface area (Å²) in [5.41, 5.74) is 6.03. The second kappa shape index (κ2) is 10.7. The van der Waals surface area contributed by atoms with E-state index in [4.69, 9.17) is 0 Å². The van der Waals surface area contributed by atoms with E-state index in [-0.39, 0.29) is 23.9 Å². The molecule has 2 aromatic heterocycles. The fourth-order valence-corrected chi connectivity index (χ4v) is 5.22. The zero-order valence-corrected chi connectivity index (χ0v) is 21.5. The number of H-pyrrole nitrogens is 1. The molecule has 6 rings (SSSR count). The molecule has 3 aromatic carbocycles. The first-order valence-electron chi connectivity index (χ1n) is 13.1. The third kappa shape index (κ3) is 5.40. The van der Waals surface area contributed by atoms with E-state index < -0.39 is 0 Å². The van der Waals surface area contributed by atoms with Crippen LogP contribution < -0.4 is 0 Å². The van der Waals surface area contributed by atoms with Gasteiger partial charge in [0.1, 0.15) is 11.6 Å². The van der Waals surface area contributed by atoms with Crippen LogP contribution in [-0.4, -0.2) is 57.0 Å². The molecule has 0 radical (unpaired) electrons. The molecule has 0 spiro atoms. The van der Waals surface area contributed by atoms with E-state index in [0.717, 1.165) is 33.3 Å². The van der Waals surface area contributed by atoms with Gasteiger partial charge >= 0.3 is 0 Å². The quantitative estimate of drug-likeness (QED) is 0.305. The van der Waals surface area contributed by atoms with Crippen molar-refractivity contribution in [1.82, 2.24) is 19.8 Å². The van der Waals surface area contributed by atoms with E-state index in [1.165, 1.54) is 6.07 Å². The molecule has 3 heterocycles. The number of nitrogens with zero attached hydrogens (tertiary/aromatic N) is 3. The van der Waals surface area contributed by atoms with E-state index in [1.54, 1.807) is 30.6 Å². The fraction of sp³-hybridized carbons (Fsp3) is 0.188. The second-order valence-electron chi connectivity index (χ2n) is 10.0. The number of piperazine rings is 1. The van der Waals surface area contributed by atoms with Gasteiger partial charge in [0.05, 0.1) is 18.1 Å². The highest BCUT2D eigenvalue weighted by Gasteiger charge is 2.22. The van der Waals surface area contributed by atoms with Gasteiger partial charge in [-0.25, -0.2) is 4.39 Å². The average molecular weight is 521 g/mol. The maximum atomic E-state index is 14.0. The molecule has 0 bridgehead atoms. The third-order valence-electron chi connectivity index (χ3n) is 7.40. The van der Waals surface area contributed by atoms with E-state index in [9.17, 15) is 14.3 Å². The highest BCUT2D eigenvalue weighted by atomic mass is 19.1. The van der Waals surface area contributed by atoms with Crippen molar-refractivity contribution in [3.05, 3.63) is 108 Å². The van der Waals surface area contributed by atoms with E-state index in [0.29, 0.717) is 43.9 Å². The molecule has 0 aliphatic carbocycles. The van der Waals surface area contributed by atoms with Crippen LogP contribution in [0.25, 0.3) is 33.3 Å². The molecule has 5 aromatic rings. The Bertz CT molecular complexity index is 1610. The normalized spacial score (nSPS) is 14.1. The van der Waals surface area contributed by atoms with Gasteiger partial charge in [0.15, 0.2) is 0 Å². The SMILES string of the molecule is O=C(Cc1ccc(-c2cccc(-c3cc4ccncc4[nH]3)c2)c(O)c1)N1CCN(Cc2ccccc2F)CC1. The lowest BCUT2D eigenvalue weighted by Gasteiger charge is -2.35. The molecule has 1 aliphatic rings. The molecule has 2 N–H and O–H groups in total. The summed E-state index contributed by atoms with van der Waals surface area (Å²) in [5.74, 6) is -0.0163. The molecule has 6 nitrogen and oxygen atoms in total. The molecule has 1 fully saturated rings. The molecule has 7 heteroatoms. The predicted molar refractivity (Wildman–Crippen MR) is 151 cm³/mol. The number of halogens is 1. The maximum Gasteiger partial charge on any atom is 0.227 e. The van der Waals surface area contributed by atoms with Gasteiger partial charge in [0.25, 0.3) is 0 Å². The monoisotopic (exact) mass is 520 g/mol. The smallest absolute Gasteiger partial charge is 0.227 e. The number of carbonyl (C=O) groups excluding carboxylic acids is 1. The first-order valence-corrected chi connectivity index (χ1v) is 13.1. The molecule has 0 saturated carbocycles. The van der Waals surface area contributed by atoms with Crippen LogP contribution in [0.1, 0.15) is 11.1 Å². The first kappa shape index (κ1) is 24.8. The first-order chi connectivity index (χ1) is 19.0. The Balaban J connectivity index is 1.10. The number of pyridine rings is 1. The summed E-state index contributed by atoms with van der Waals surface area (Å²) in [4.78, 5) is 24.6. The molecule has 39 heavy (non-hydrogen) atoms. The van der Waals surface area contributed by atoms with Crippen molar-refractivity contribution >= 4 is 16.8 Å². The summed E-state index contributed by atoms with van der Waals surface area (Å²) in [7, 11) is 0. The largest absolute Gasteiger partial charge is 0.507 e. The number of carbonyl (C=O) groups is 1. The van der Waals surface area contributed by atoms with Crippen LogP contribution in [-0.2, 0) is 17.8 Å². The third-order valence-corrected chi connectivity index (χ3v) is 7.40. The highest BCUT2D eigenvalue weighted by molar-refractivity contribution is 5.86. The summed E-state index contributed by atoms with van der Waals surface area (Å²) in [6.45, 7) is 3.16. The Morgan fingerprint density at radius 3 is 2.54 bits per heavy atom. The van der Waals surface area contributed by atoms with Gasteiger partial charge in [-0.15, -0.1) is 0 Å². The van der Waals surface area contributed by atoms with Crippen LogP contribution >= 0.6 is 0 Å². The molecule has 1 amide bonds. The Labute approximate surface area is 226 Å². The summed E-state index contributed by atoms with van der Waals surface area (Å²) in [6, 6.07) is 24.3. The van der Waals surface area contributed by atoms with Crippen molar-refractivity contribution in [3.8, 4) is 28.1 Å². The predicted octanol–water partition coefficient (Wildman–Crippen LogP) is 5.63. The number of rotatable bonds is 6. The number of aromatic nitrogens is 2. The maximum absolute atomic E-state index is 14.0. The van der Waals surface area contributed by atoms with Crippen LogP contribution in [0, 0.1) is 5.82 Å². The molecule has 1 aliphatic heterocycles. The lowest BCUT2D eigenvalue weighted by molar-refractivity contribution is -0.132. The van der Waals surface area contributed by atoms with Gasteiger partial charge in [-0.05, 0) is 47.0 Å². The minimum atomic E-state index is -0.193. The van der Waals surface area contributed by atoms with Crippen molar-refractivity contribution in [2.24, 2.45) is 0 Å². The van der Waals surface area contributed by atoms with E-state index >= 15 is 0 Å². The number of hydrogen-bond acceptors (Lipinski definition) is 4. The Hall–Kier alpha value is -4.49. The zero-order chi connectivity index (χ0) is 26.8. The molecule has 1 saturated heterocycles. The van der Waals surface area contributed by atoms with E-state index in [1.807, 2.05) is 53.4 Å². The average Bonchev–Trinajstić information content (AvgIpc) is 3.39. The Morgan fingerprint density at radius 1 is 0.923 bits per heavy atom. The summed E-state index contributed by atoms with van der Waals surface area (Å²) < 4.78 is 14.0. The minimum absolute atomic E-state index is 0.0305. The zero-order valence-electron chi connectivity index (χ0n) is 21.5. The number of fused-ring (bicyclic) bond motifs is 1. The molecule has 0 unspecified atom stereocenters. The minimum Gasteiger partial charge on any atom is -0.507 e. The lowest BCUT2D eigenvalue weighted by Crippen LogP contribution is -2.48. The fourth-order valence-electron chi connectivity index (χ4n) is 5.22. The van der Waals surface area contributed by atoms with Crippen molar-refractivity contribution in [3.63, 3.8) is 0 Å². The van der Waals surface area contributed by atoms with E-state index in [2.05, 4.69) is 20.9 Å². The number of benzene rings is 3. The molecule has 196 valence electrons. The Morgan fingerprint density at radius 2 is 1.74 bits per heavy atom. The van der Waals surface area contributed by atoms with Crippen molar-refractivity contribution in [2.75, 3.05) is 26.2 Å². The highest BCUT2D eigenvalue weighted by Crippen LogP contribution is 2.33. The summed E-state index contributed by atoms with van der Waals surface area (Å²) in [5, 5.41) is 12.0. The van der Waals surface area contributed by atoms with Crippen molar-refractivity contribution < 1.29 is 14.3 Å². The van der Waals surface area contributed by atoms with Gasteiger partial charge in [0, 0.05) is 61.1 Å². The number of nitrogens with one attached hydrogen (secondary N) is 1.